The molecule has 0 saturated carbocycles. The largest absolute Gasteiger partial charge is 0.456 e. The fourth-order valence-corrected chi connectivity index (χ4v) is 4.24. The fourth-order valence-electron chi connectivity index (χ4n) is 4.06. The van der Waals surface area contributed by atoms with Gasteiger partial charge in [0.1, 0.15) is 5.76 Å². The van der Waals surface area contributed by atoms with Gasteiger partial charge in [0.2, 0.25) is 0 Å². The first kappa shape index (κ1) is 20.3. The fraction of sp³-hybridized carbons (Fsp3) is 0.500. The third-order valence-corrected chi connectivity index (χ3v) is 5.95. The van der Waals surface area contributed by atoms with E-state index in [2.05, 4.69) is 10.2 Å². The standard InChI is InChI=1S/C22H27ClN2O4/c23-16-3-4-19(25-10-1-2-17(26)7-11-25)18(14-16)24-22(27)21-6-5-20(29-21)15-8-12-28-13-9-15/h3-6,14-15,17,26H,1-2,7-13H2,(H,24,27). The van der Waals surface area contributed by atoms with Gasteiger partial charge in [0.05, 0.1) is 17.5 Å². The molecule has 6 nitrogen and oxygen atoms in total. The SMILES string of the molecule is O=C(Nc1cc(Cl)ccc1N1CCCC(O)CC1)c1ccc(C2CCOCC2)o1. The van der Waals surface area contributed by atoms with Gasteiger partial charge in [-0.1, -0.05) is 11.6 Å². The molecule has 1 aromatic heterocycles. The van der Waals surface area contributed by atoms with Gasteiger partial charge in [-0.25, -0.2) is 0 Å². The summed E-state index contributed by atoms with van der Waals surface area (Å²) in [5.74, 6) is 1.15. The van der Waals surface area contributed by atoms with Crippen LogP contribution in [0.1, 0.15) is 54.3 Å². The van der Waals surface area contributed by atoms with Crippen molar-refractivity contribution in [1.29, 1.82) is 0 Å². The lowest BCUT2D eigenvalue weighted by atomic mass is 9.98. The first-order valence-corrected chi connectivity index (χ1v) is 10.7. The third kappa shape index (κ3) is 4.94. The van der Waals surface area contributed by atoms with Crippen LogP contribution in [-0.2, 0) is 4.74 Å². The van der Waals surface area contributed by atoms with E-state index in [4.69, 9.17) is 20.8 Å². The molecule has 29 heavy (non-hydrogen) atoms. The molecule has 1 aromatic carbocycles. The number of halogens is 1. The molecule has 0 radical (unpaired) electrons. The van der Waals surface area contributed by atoms with E-state index in [-0.39, 0.29) is 12.0 Å². The summed E-state index contributed by atoms with van der Waals surface area (Å²) in [6, 6.07) is 9.13. The van der Waals surface area contributed by atoms with E-state index < -0.39 is 0 Å². The molecule has 0 spiro atoms. The number of furan rings is 1. The smallest absolute Gasteiger partial charge is 0.291 e. The van der Waals surface area contributed by atoms with Crippen LogP contribution in [0, 0.1) is 0 Å². The summed E-state index contributed by atoms with van der Waals surface area (Å²) in [5, 5.41) is 13.5. The number of amides is 1. The summed E-state index contributed by atoms with van der Waals surface area (Å²) in [7, 11) is 0. The number of nitrogens with zero attached hydrogens (tertiary/aromatic N) is 1. The van der Waals surface area contributed by atoms with E-state index >= 15 is 0 Å². The van der Waals surface area contributed by atoms with Crippen molar-refractivity contribution in [2.45, 2.75) is 44.1 Å². The quantitative estimate of drug-likeness (QED) is 0.768. The molecule has 2 aliphatic heterocycles. The van der Waals surface area contributed by atoms with Crippen LogP contribution >= 0.6 is 11.6 Å². The average Bonchev–Trinajstić information content (AvgIpc) is 3.13. The Morgan fingerprint density at radius 2 is 1.93 bits per heavy atom. The third-order valence-electron chi connectivity index (χ3n) is 5.72. The molecule has 2 N–H and O–H groups in total. The van der Waals surface area contributed by atoms with Crippen molar-refractivity contribution < 1.29 is 19.1 Å². The summed E-state index contributed by atoms with van der Waals surface area (Å²) in [4.78, 5) is 15.0. The van der Waals surface area contributed by atoms with E-state index in [0.29, 0.717) is 28.8 Å². The highest BCUT2D eigenvalue weighted by atomic mass is 35.5. The Bertz CT molecular complexity index is 847. The maximum atomic E-state index is 12.8. The van der Waals surface area contributed by atoms with Gasteiger partial charge in [0, 0.05) is 37.2 Å². The Kier molecular flexibility index (Phi) is 6.43. The van der Waals surface area contributed by atoms with Crippen LogP contribution in [0.2, 0.25) is 5.02 Å². The lowest BCUT2D eigenvalue weighted by Gasteiger charge is -2.25. The summed E-state index contributed by atoms with van der Waals surface area (Å²) < 4.78 is 11.3. The molecule has 2 saturated heterocycles. The Morgan fingerprint density at radius 3 is 2.76 bits per heavy atom. The molecule has 7 heteroatoms. The first-order valence-electron chi connectivity index (χ1n) is 10.3. The summed E-state index contributed by atoms with van der Waals surface area (Å²) in [6.45, 7) is 3.02. The van der Waals surface area contributed by atoms with E-state index in [0.717, 1.165) is 63.4 Å². The molecular formula is C22H27ClN2O4. The molecule has 2 aliphatic rings. The molecule has 1 atom stereocenters. The Labute approximate surface area is 175 Å². The van der Waals surface area contributed by atoms with Gasteiger partial charge in [0.15, 0.2) is 5.76 Å². The second kappa shape index (κ2) is 9.20. The number of rotatable bonds is 4. The number of aliphatic hydroxyl groups is 1. The van der Waals surface area contributed by atoms with Crippen LogP contribution in [0.3, 0.4) is 0 Å². The van der Waals surface area contributed by atoms with E-state index in [9.17, 15) is 9.90 Å². The molecule has 0 aliphatic carbocycles. The number of anilines is 2. The number of benzene rings is 1. The van der Waals surface area contributed by atoms with Crippen molar-refractivity contribution in [3.05, 3.63) is 46.9 Å². The Hall–Kier alpha value is -2.02. The van der Waals surface area contributed by atoms with Gasteiger partial charge in [-0.3, -0.25) is 4.79 Å². The highest BCUT2D eigenvalue weighted by Gasteiger charge is 2.23. The van der Waals surface area contributed by atoms with Gasteiger partial charge in [-0.2, -0.15) is 0 Å². The predicted molar refractivity (Wildman–Crippen MR) is 113 cm³/mol. The molecule has 0 bridgehead atoms. The number of aliphatic hydroxyl groups excluding tert-OH is 1. The van der Waals surface area contributed by atoms with Crippen molar-refractivity contribution in [3.8, 4) is 0 Å². The lowest BCUT2D eigenvalue weighted by Crippen LogP contribution is -2.26. The van der Waals surface area contributed by atoms with Gasteiger partial charge in [-0.05, 0) is 62.4 Å². The number of ether oxygens (including phenoxy) is 1. The van der Waals surface area contributed by atoms with Crippen LogP contribution in [0.25, 0.3) is 0 Å². The predicted octanol–water partition coefficient (Wildman–Crippen LogP) is 4.43. The second-order valence-corrected chi connectivity index (χ2v) is 8.21. The monoisotopic (exact) mass is 418 g/mol. The molecule has 156 valence electrons. The highest BCUT2D eigenvalue weighted by Crippen LogP contribution is 2.32. The zero-order chi connectivity index (χ0) is 20.2. The second-order valence-electron chi connectivity index (χ2n) is 7.78. The number of carbonyl (C=O) groups excluding carboxylic acids is 1. The van der Waals surface area contributed by atoms with Crippen LogP contribution in [0.4, 0.5) is 11.4 Å². The topological polar surface area (TPSA) is 74.9 Å². The molecular weight excluding hydrogens is 392 g/mol. The minimum absolute atomic E-state index is 0.267. The lowest BCUT2D eigenvalue weighted by molar-refractivity contribution is 0.0799. The van der Waals surface area contributed by atoms with Gasteiger partial charge in [0.25, 0.3) is 5.91 Å². The maximum Gasteiger partial charge on any atom is 0.291 e. The van der Waals surface area contributed by atoms with Crippen molar-refractivity contribution in [2.75, 3.05) is 36.5 Å². The zero-order valence-corrected chi connectivity index (χ0v) is 17.2. The van der Waals surface area contributed by atoms with Gasteiger partial charge < -0.3 is 24.5 Å². The van der Waals surface area contributed by atoms with Crippen LogP contribution in [-0.4, -0.2) is 43.4 Å². The Balaban J connectivity index is 1.50. The molecule has 1 amide bonds. The summed E-state index contributed by atoms with van der Waals surface area (Å²) >= 11 is 6.20. The molecule has 1 unspecified atom stereocenters. The van der Waals surface area contributed by atoms with Crippen molar-refractivity contribution in [2.24, 2.45) is 0 Å². The minimum Gasteiger partial charge on any atom is -0.456 e. The van der Waals surface area contributed by atoms with Crippen LogP contribution < -0.4 is 10.2 Å². The van der Waals surface area contributed by atoms with E-state index in [1.807, 2.05) is 18.2 Å². The number of nitrogens with one attached hydrogen (secondary N) is 1. The summed E-state index contributed by atoms with van der Waals surface area (Å²) in [5.41, 5.74) is 1.57. The number of hydrogen-bond acceptors (Lipinski definition) is 5. The average molecular weight is 419 g/mol. The molecule has 2 fully saturated rings. The van der Waals surface area contributed by atoms with E-state index in [1.165, 1.54) is 0 Å². The van der Waals surface area contributed by atoms with Crippen molar-refractivity contribution in [1.82, 2.24) is 0 Å². The first-order chi connectivity index (χ1) is 14.1. The Morgan fingerprint density at radius 1 is 1.10 bits per heavy atom. The maximum absolute atomic E-state index is 12.8. The van der Waals surface area contributed by atoms with E-state index in [1.54, 1.807) is 12.1 Å². The van der Waals surface area contributed by atoms with Gasteiger partial charge >= 0.3 is 0 Å². The molecule has 4 rings (SSSR count). The summed E-state index contributed by atoms with van der Waals surface area (Å²) in [6.07, 6.45) is 3.97. The van der Waals surface area contributed by atoms with Crippen LogP contribution in [0.15, 0.2) is 34.7 Å². The normalized spacial score (nSPS) is 21.0. The number of hydrogen-bond donors (Lipinski definition) is 2. The molecule has 2 aromatic rings. The minimum atomic E-state index is -0.290. The molecule has 3 heterocycles. The number of carbonyl (C=O) groups is 1. The zero-order valence-electron chi connectivity index (χ0n) is 16.4. The highest BCUT2D eigenvalue weighted by molar-refractivity contribution is 6.31. The van der Waals surface area contributed by atoms with Crippen LogP contribution in [0.5, 0.6) is 0 Å². The van der Waals surface area contributed by atoms with Crippen molar-refractivity contribution in [3.63, 3.8) is 0 Å². The van der Waals surface area contributed by atoms with Crippen molar-refractivity contribution >= 4 is 28.9 Å². The van der Waals surface area contributed by atoms with Gasteiger partial charge in [-0.15, -0.1) is 0 Å².